The highest BCUT2D eigenvalue weighted by atomic mass is 16.1. The zero-order valence-electron chi connectivity index (χ0n) is 11.6. The Hall–Kier alpha value is -2.42. The lowest BCUT2D eigenvalue weighted by Crippen LogP contribution is -2.11. The van der Waals surface area contributed by atoms with Crippen molar-refractivity contribution >= 4 is 16.7 Å². The third kappa shape index (κ3) is 2.23. The Morgan fingerprint density at radius 2 is 1.90 bits per heavy atom. The maximum atomic E-state index is 12.4. The molecule has 3 heteroatoms. The molecule has 100 valence electrons. The smallest absolute Gasteiger partial charge is 0.184 e. The number of carbonyl (C=O) groups excluding carboxylic acids is 1. The van der Waals surface area contributed by atoms with Crippen molar-refractivity contribution in [3.8, 4) is 0 Å². The van der Waals surface area contributed by atoms with E-state index in [1.54, 1.807) is 10.9 Å². The van der Waals surface area contributed by atoms with Crippen LogP contribution in [-0.4, -0.2) is 15.6 Å². The number of hydrogen-bond acceptors (Lipinski definition) is 2. The van der Waals surface area contributed by atoms with Crippen molar-refractivity contribution in [1.29, 1.82) is 0 Å². The van der Waals surface area contributed by atoms with Crippen LogP contribution in [0.2, 0.25) is 0 Å². The van der Waals surface area contributed by atoms with Gasteiger partial charge in [-0.3, -0.25) is 9.48 Å². The number of para-hydroxylation sites is 1. The molecule has 20 heavy (non-hydrogen) atoms. The molecule has 3 rings (SSSR count). The maximum Gasteiger partial charge on any atom is 0.184 e. The van der Waals surface area contributed by atoms with E-state index in [2.05, 4.69) is 5.10 Å². The Kier molecular flexibility index (Phi) is 3.11. The van der Waals surface area contributed by atoms with Gasteiger partial charge in [-0.25, -0.2) is 0 Å². The Morgan fingerprint density at radius 1 is 1.10 bits per heavy atom. The van der Waals surface area contributed by atoms with Crippen LogP contribution in [0, 0.1) is 13.8 Å². The van der Waals surface area contributed by atoms with Gasteiger partial charge in [0.05, 0.1) is 11.7 Å². The molecule has 0 spiro atoms. The highest BCUT2D eigenvalue weighted by Crippen LogP contribution is 2.15. The summed E-state index contributed by atoms with van der Waals surface area (Å²) in [5, 5.41) is 5.35. The summed E-state index contributed by atoms with van der Waals surface area (Å²) in [5.74, 6) is 0.0851. The normalized spacial score (nSPS) is 10.9. The van der Waals surface area contributed by atoms with Crippen molar-refractivity contribution in [2.24, 2.45) is 0 Å². The van der Waals surface area contributed by atoms with Crippen LogP contribution < -0.4 is 0 Å². The van der Waals surface area contributed by atoms with Gasteiger partial charge in [0.2, 0.25) is 0 Å². The van der Waals surface area contributed by atoms with E-state index in [9.17, 15) is 4.79 Å². The Balaban J connectivity index is 1.90. The second-order valence-corrected chi connectivity index (χ2v) is 5.08. The van der Waals surface area contributed by atoms with Crippen LogP contribution in [0.3, 0.4) is 0 Å². The molecule has 0 aliphatic rings. The minimum atomic E-state index is 0.0851. The summed E-state index contributed by atoms with van der Waals surface area (Å²) in [6, 6.07) is 13.7. The molecule has 0 aliphatic heterocycles. The van der Waals surface area contributed by atoms with Gasteiger partial charge < -0.3 is 0 Å². The number of aromatic nitrogens is 2. The number of aryl methyl sites for hydroxylation is 2. The van der Waals surface area contributed by atoms with Crippen molar-refractivity contribution < 1.29 is 4.79 Å². The molecule has 0 bridgehead atoms. The number of rotatable bonds is 3. The van der Waals surface area contributed by atoms with Gasteiger partial charge in [0, 0.05) is 10.9 Å². The fraction of sp³-hybridized carbons (Fsp3) is 0.176. The summed E-state index contributed by atoms with van der Waals surface area (Å²) in [7, 11) is 0. The lowest BCUT2D eigenvalue weighted by atomic mass is 10.0. The number of hydrogen-bond donors (Lipinski definition) is 0. The third-order valence-electron chi connectivity index (χ3n) is 3.67. The van der Waals surface area contributed by atoms with Crippen molar-refractivity contribution in [2.45, 2.75) is 20.4 Å². The Labute approximate surface area is 117 Å². The zero-order valence-corrected chi connectivity index (χ0v) is 11.6. The van der Waals surface area contributed by atoms with Crippen LogP contribution in [0.1, 0.15) is 21.5 Å². The highest BCUT2D eigenvalue weighted by molar-refractivity contribution is 5.96. The number of fused-ring (bicyclic) bond motifs is 1. The van der Waals surface area contributed by atoms with Gasteiger partial charge in [-0.1, -0.05) is 30.3 Å². The molecule has 0 aliphatic carbocycles. The fourth-order valence-corrected chi connectivity index (χ4v) is 2.29. The molecule has 3 aromatic rings. The van der Waals surface area contributed by atoms with Crippen LogP contribution >= 0.6 is 0 Å². The predicted molar refractivity (Wildman–Crippen MR) is 80.0 cm³/mol. The molecule has 0 saturated carbocycles. The monoisotopic (exact) mass is 264 g/mol. The first kappa shape index (κ1) is 12.6. The van der Waals surface area contributed by atoms with Crippen LogP contribution in [0.15, 0.2) is 48.7 Å². The molecular weight excluding hydrogens is 248 g/mol. The molecule has 3 nitrogen and oxygen atoms in total. The quantitative estimate of drug-likeness (QED) is 0.678. The molecular formula is C17H16N2O. The van der Waals surface area contributed by atoms with Gasteiger partial charge in [0.1, 0.15) is 6.54 Å². The van der Waals surface area contributed by atoms with Crippen LogP contribution in [0.5, 0.6) is 0 Å². The topological polar surface area (TPSA) is 34.9 Å². The molecule has 0 fully saturated rings. The van der Waals surface area contributed by atoms with E-state index in [1.165, 1.54) is 5.56 Å². The van der Waals surface area contributed by atoms with E-state index in [0.717, 1.165) is 22.0 Å². The van der Waals surface area contributed by atoms with Crippen molar-refractivity contribution in [1.82, 2.24) is 9.78 Å². The second kappa shape index (κ2) is 4.93. The van der Waals surface area contributed by atoms with Crippen LogP contribution in [0.25, 0.3) is 10.9 Å². The minimum absolute atomic E-state index is 0.0851. The van der Waals surface area contributed by atoms with E-state index in [-0.39, 0.29) is 12.3 Å². The maximum absolute atomic E-state index is 12.4. The molecule has 0 unspecified atom stereocenters. The van der Waals surface area contributed by atoms with Gasteiger partial charge >= 0.3 is 0 Å². The van der Waals surface area contributed by atoms with Gasteiger partial charge in [-0.05, 0) is 37.1 Å². The molecule has 0 saturated heterocycles. The number of ketones is 1. The summed E-state index contributed by atoms with van der Waals surface area (Å²) >= 11 is 0. The third-order valence-corrected chi connectivity index (χ3v) is 3.67. The highest BCUT2D eigenvalue weighted by Gasteiger charge is 2.10. The second-order valence-electron chi connectivity index (χ2n) is 5.08. The predicted octanol–water partition coefficient (Wildman–Crippen LogP) is 3.54. The molecule has 0 amide bonds. The average molecular weight is 264 g/mol. The van der Waals surface area contributed by atoms with E-state index in [1.807, 2.05) is 56.3 Å². The summed E-state index contributed by atoms with van der Waals surface area (Å²) in [6.45, 7) is 4.34. The average Bonchev–Trinajstić information content (AvgIpc) is 2.85. The van der Waals surface area contributed by atoms with Gasteiger partial charge in [0.15, 0.2) is 5.78 Å². The first-order valence-electron chi connectivity index (χ1n) is 6.66. The summed E-state index contributed by atoms with van der Waals surface area (Å²) in [5.41, 5.74) is 4.07. The lowest BCUT2D eigenvalue weighted by Gasteiger charge is -2.06. The van der Waals surface area contributed by atoms with Gasteiger partial charge in [0.25, 0.3) is 0 Å². The number of carbonyl (C=O) groups is 1. The Morgan fingerprint density at radius 3 is 2.70 bits per heavy atom. The summed E-state index contributed by atoms with van der Waals surface area (Å²) < 4.78 is 1.76. The zero-order chi connectivity index (χ0) is 14.1. The van der Waals surface area contributed by atoms with Gasteiger partial charge in [-0.15, -0.1) is 0 Å². The first-order chi connectivity index (χ1) is 9.65. The largest absolute Gasteiger partial charge is 0.292 e. The van der Waals surface area contributed by atoms with E-state index in [4.69, 9.17) is 0 Å². The number of nitrogens with zero attached hydrogens (tertiary/aromatic N) is 2. The first-order valence-corrected chi connectivity index (χ1v) is 6.66. The Bertz CT molecular complexity index is 787. The molecule has 0 N–H and O–H groups in total. The molecule has 2 aromatic carbocycles. The standard InChI is InChI=1S/C17H16N2O/c1-12-7-8-14(9-13(12)2)17(20)11-19-16-6-4-3-5-15(16)10-18-19/h3-10H,11H2,1-2H3. The molecule has 1 heterocycles. The van der Waals surface area contributed by atoms with E-state index >= 15 is 0 Å². The molecule has 0 radical (unpaired) electrons. The summed E-state index contributed by atoms with van der Waals surface area (Å²) in [4.78, 5) is 12.4. The van der Waals surface area contributed by atoms with Crippen molar-refractivity contribution in [3.63, 3.8) is 0 Å². The van der Waals surface area contributed by atoms with Crippen molar-refractivity contribution in [3.05, 3.63) is 65.4 Å². The SMILES string of the molecule is Cc1ccc(C(=O)Cn2ncc3ccccc32)cc1C. The lowest BCUT2D eigenvalue weighted by molar-refractivity contribution is 0.0969. The van der Waals surface area contributed by atoms with Crippen molar-refractivity contribution in [2.75, 3.05) is 0 Å². The fourth-order valence-electron chi connectivity index (χ4n) is 2.29. The van der Waals surface area contributed by atoms with E-state index in [0.29, 0.717) is 0 Å². The summed E-state index contributed by atoms with van der Waals surface area (Å²) in [6.07, 6.45) is 1.79. The van der Waals surface area contributed by atoms with E-state index < -0.39 is 0 Å². The number of Topliss-reactive ketones (excluding diaryl/α,β-unsaturated/α-hetero) is 1. The van der Waals surface area contributed by atoms with Gasteiger partial charge in [-0.2, -0.15) is 5.10 Å². The van der Waals surface area contributed by atoms with Crippen LogP contribution in [0.4, 0.5) is 0 Å². The molecule has 1 aromatic heterocycles. The minimum Gasteiger partial charge on any atom is -0.292 e. The van der Waals surface area contributed by atoms with Crippen LogP contribution in [-0.2, 0) is 6.54 Å². The number of benzene rings is 2. The molecule has 0 atom stereocenters.